The lowest BCUT2D eigenvalue weighted by Crippen LogP contribution is -2.37. The fourth-order valence-electron chi connectivity index (χ4n) is 2.97. The molecule has 1 aromatic carbocycles. The van der Waals surface area contributed by atoms with Crippen LogP contribution in [0.15, 0.2) is 30.6 Å². The first-order valence-electron chi connectivity index (χ1n) is 9.22. The van der Waals surface area contributed by atoms with Crippen LogP contribution in [0.4, 0.5) is 4.39 Å². The summed E-state index contributed by atoms with van der Waals surface area (Å²) in [6, 6.07) is 6.07. The van der Waals surface area contributed by atoms with E-state index in [4.69, 9.17) is 4.74 Å². The second kappa shape index (κ2) is 8.76. The second-order valence-corrected chi connectivity index (χ2v) is 6.71. The summed E-state index contributed by atoms with van der Waals surface area (Å²) >= 11 is 0. The molecule has 2 aromatic heterocycles. The third-order valence-corrected chi connectivity index (χ3v) is 4.61. The summed E-state index contributed by atoms with van der Waals surface area (Å²) in [6.45, 7) is 5.49. The molecule has 0 aliphatic heterocycles. The fourth-order valence-corrected chi connectivity index (χ4v) is 2.97. The van der Waals surface area contributed by atoms with Crippen LogP contribution in [0, 0.1) is 19.7 Å². The molecule has 0 fully saturated rings. The number of ether oxygens (including phenoxy) is 1. The maximum absolute atomic E-state index is 12.9. The lowest BCUT2D eigenvalue weighted by Gasteiger charge is -2.15. The van der Waals surface area contributed by atoms with Gasteiger partial charge in [-0.05, 0) is 44.9 Å². The van der Waals surface area contributed by atoms with E-state index >= 15 is 0 Å². The van der Waals surface area contributed by atoms with Crippen LogP contribution in [0.3, 0.4) is 0 Å². The van der Waals surface area contributed by atoms with E-state index in [1.165, 1.54) is 25.4 Å². The van der Waals surface area contributed by atoms with Gasteiger partial charge in [0, 0.05) is 23.5 Å². The van der Waals surface area contributed by atoms with Crippen LogP contribution in [0.25, 0.3) is 5.78 Å². The number of amides is 1. The van der Waals surface area contributed by atoms with Crippen LogP contribution in [0.5, 0.6) is 0 Å². The summed E-state index contributed by atoms with van der Waals surface area (Å²) in [5.74, 6) is -0.759. The lowest BCUT2D eigenvalue weighted by atomic mass is 10.1. The molecule has 3 rings (SSSR count). The summed E-state index contributed by atoms with van der Waals surface area (Å²) in [5, 5.41) is 6.80. The average molecular weight is 399 g/mol. The van der Waals surface area contributed by atoms with Gasteiger partial charge in [0.1, 0.15) is 12.1 Å². The van der Waals surface area contributed by atoms with Gasteiger partial charge in [0.15, 0.2) is 6.10 Å². The highest BCUT2D eigenvalue weighted by molar-refractivity contribution is 5.84. The Morgan fingerprint density at radius 2 is 1.97 bits per heavy atom. The molecule has 1 amide bonds. The molecule has 29 heavy (non-hydrogen) atoms. The molecule has 1 atom stereocenters. The minimum atomic E-state index is -0.931. The van der Waals surface area contributed by atoms with E-state index in [0.717, 1.165) is 11.3 Å². The third kappa shape index (κ3) is 4.92. The number of fused-ring (bicyclic) bond motifs is 1. The summed E-state index contributed by atoms with van der Waals surface area (Å²) in [5.41, 5.74) is 3.00. The Morgan fingerprint density at radius 1 is 1.24 bits per heavy atom. The van der Waals surface area contributed by atoms with E-state index in [9.17, 15) is 14.0 Å². The zero-order valence-electron chi connectivity index (χ0n) is 16.5. The van der Waals surface area contributed by atoms with Crippen LogP contribution >= 0.6 is 0 Å². The topological polar surface area (TPSA) is 98.5 Å². The lowest BCUT2D eigenvalue weighted by molar-refractivity contribution is -0.154. The number of rotatable bonds is 7. The maximum Gasteiger partial charge on any atom is 0.311 e. The molecular formula is C20H22FN5O3. The number of hydrogen-bond donors (Lipinski definition) is 1. The number of nitrogens with zero attached hydrogens (tertiary/aromatic N) is 4. The van der Waals surface area contributed by atoms with Gasteiger partial charge in [0.2, 0.25) is 0 Å². The SMILES string of the molecule is Cc1nc2ncnn2c(C)c1CC(=O)O[C@H](C)C(=O)NCCc1ccc(F)cc1. The molecule has 0 bridgehead atoms. The molecule has 2 heterocycles. The van der Waals surface area contributed by atoms with E-state index in [2.05, 4.69) is 20.4 Å². The van der Waals surface area contributed by atoms with Crippen LogP contribution < -0.4 is 5.32 Å². The summed E-state index contributed by atoms with van der Waals surface area (Å²) in [7, 11) is 0. The predicted molar refractivity (Wildman–Crippen MR) is 103 cm³/mol. The van der Waals surface area contributed by atoms with E-state index in [0.29, 0.717) is 30.0 Å². The van der Waals surface area contributed by atoms with E-state index in [-0.39, 0.29) is 12.2 Å². The first-order chi connectivity index (χ1) is 13.8. The Morgan fingerprint density at radius 3 is 2.69 bits per heavy atom. The molecule has 1 N–H and O–H groups in total. The van der Waals surface area contributed by atoms with Gasteiger partial charge >= 0.3 is 5.97 Å². The van der Waals surface area contributed by atoms with Gasteiger partial charge in [0.05, 0.1) is 6.42 Å². The summed E-state index contributed by atoms with van der Waals surface area (Å²) < 4.78 is 19.7. The quantitative estimate of drug-likeness (QED) is 0.608. The number of esters is 1. The molecule has 9 heteroatoms. The zero-order valence-corrected chi connectivity index (χ0v) is 16.5. The molecular weight excluding hydrogens is 377 g/mol. The average Bonchev–Trinajstić information content (AvgIpc) is 3.15. The Hall–Kier alpha value is -3.36. The van der Waals surface area contributed by atoms with E-state index < -0.39 is 18.0 Å². The summed E-state index contributed by atoms with van der Waals surface area (Å²) in [6.07, 6.45) is 0.997. The number of halogens is 1. The molecule has 3 aromatic rings. The van der Waals surface area contributed by atoms with Crippen LogP contribution in [0.2, 0.25) is 0 Å². The second-order valence-electron chi connectivity index (χ2n) is 6.71. The van der Waals surface area contributed by atoms with Gasteiger partial charge in [-0.1, -0.05) is 12.1 Å². The van der Waals surface area contributed by atoms with Crippen LogP contribution in [0.1, 0.15) is 29.4 Å². The van der Waals surface area contributed by atoms with Crippen molar-refractivity contribution in [3.05, 3.63) is 58.9 Å². The smallest absolute Gasteiger partial charge is 0.311 e. The molecule has 0 aliphatic rings. The van der Waals surface area contributed by atoms with Crippen molar-refractivity contribution in [3.8, 4) is 0 Å². The molecule has 152 valence electrons. The minimum Gasteiger partial charge on any atom is -0.452 e. The highest BCUT2D eigenvalue weighted by atomic mass is 19.1. The van der Waals surface area contributed by atoms with Crippen LogP contribution in [-0.4, -0.2) is 44.1 Å². The highest BCUT2D eigenvalue weighted by Gasteiger charge is 2.20. The molecule has 8 nitrogen and oxygen atoms in total. The molecule has 0 radical (unpaired) electrons. The highest BCUT2D eigenvalue weighted by Crippen LogP contribution is 2.14. The number of benzene rings is 1. The number of aryl methyl sites for hydroxylation is 2. The van der Waals surface area contributed by atoms with Gasteiger partial charge in [-0.25, -0.2) is 13.9 Å². The van der Waals surface area contributed by atoms with Gasteiger partial charge in [-0.15, -0.1) is 0 Å². The van der Waals surface area contributed by atoms with Crippen molar-refractivity contribution in [1.29, 1.82) is 0 Å². The van der Waals surface area contributed by atoms with Crippen molar-refractivity contribution >= 4 is 17.7 Å². The Labute approximate surface area is 167 Å². The van der Waals surface area contributed by atoms with Crippen LogP contribution in [-0.2, 0) is 27.2 Å². The normalized spacial score (nSPS) is 12.0. The van der Waals surface area contributed by atoms with E-state index in [1.807, 2.05) is 6.92 Å². The number of carbonyl (C=O) groups is 2. The minimum absolute atomic E-state index is 0.0202. The molecule has 0 saturated heterocycles. The Bertz CT molecular complexity index is 1030. The first-order valence-corrected chi connectivity index (χ1v) is 9.22. The predicted octanol–water partition coefficient (Wildman–Crippen LogP) is 1.71. The van der Waals surface area contributed by atoms with Crippen molar-refractivity contribution in [1.82, 2.24) is 24.9 Å². The van der Waals surface area contributed by atoms with Crippen molar-refractivity contribution in [2.24, 2.45) is 0 Å². The Balaban J connectivity index is 1.52. The molecule has 0 spiro atoms. The number of nitrogens with one attached hydrogen (secondary N) is 1. The number of aromatic nitrogens is 4. The Kier molecular flexibility index (Phi) is 6.16. The number of carbonyl (C=O) groups excluding carboxylic acids is 2. The van der Waals surface area contributed by atoms with Crippen molar-refractivity contribution in [2.45, 2.75) is 39.7 Å². The van der Waals surface area contributed by atoms with Gasteiger partial charge < -0.3 is 10.1 Å². The maximum atomic E-state index is 12.9. The largest absolute Gasteiger partial charge is 0.452 e. The van der Waals surface area contributed by atoms with Gasteiger partial charge in [-0.3, -0.25) is 9.59 Å². The summed E-state index contributed by atoms with van der Waals surface area (Å²) in [4.78, 5) is 32.8. The first kappa shape index (κ1) is 20.4. The third-order valence-electron chi connectivity index (χ3n) is 4.61. The van der Waals surface area contributed by atoms with Crippen molar-refractivity contribution < 1.29 is 18.7 Å². The monoisotopic (exact) mass is 399 g/mol. The molecule has 0 unspecified atom stereocenters. The number of hydrogen-bond acceptors (Lipinski definition) is 6. The molecule has 0 aliphatic carbocycles. The fraction of sp³-hybridized carbons (Fsp3) is 0.350. The van der Waals surface area contributed by atoms with Gasteiger partial charge in [0.25, 0.3) is 11.7 Å². The van der Waals surface area contributed by atoms with Crippen molar-refractivity contribution in [3.63, 3.8) is 0 Å². The zero-order chi connectivity index (χ0) is 21.0. The van der Waals surface area contributed by atoms with Crippen molar-refractivity contribution in [2.75, 3.05) is 6.54 Å². The van der Waals surface area contributed by atoms with E-state index in [1.54, 1.807) is 23.6 Å². The standard InChI is InChI=1S/C20H22FN5O3/c1-12-17(13(2)26-20(25-12)23-11-24-26)10-18(27)29-14(3)19(28)22-9-8-15-4-6-16(21)7-5-15/h4-7,11,14H,8-10H2,1-3H3,(H,22,28)/t14-/m1/s1. The van der Waals surface area contributed by atoms with Gasteiger partial charge in [-0.2, -0.15) is 10.1 Å². The molecule has 0 saturated carbocycles.